The molecule has 0 amide bonds. The van der Waals surface area contributed by atoms with Crippen molar-refractivity contribution < 1.29 is 15.1 Å². The van der Waals surface area contributed by atoms with Gasteiger partial charge in [0.05, 0.1) is 0 Å². The minimum absolute atomic E-state index is 0.291. The van der Waals surface area contributed by atoms with Crippen LogP contribution in [0.2, 0.25) is 96.8 Å². The van der Waals surface area contributed by atoms with Gasteiger partial charge in [0.2, 0.25) is 0 Å². The van der Waals surface area contributed by atoms with Gasteiger partial charge in [-0.15, -0.1) is 0 Å². The van der Waals surface area contributed by atoms with Crippen LogP contribution in [0.5, 0.6) is 0 Å². The summed E-state index contributed by atoms with van der Waals surface area (Å²) in [6.45, 7) is 32.4. The van der Waals surface area contributed by atoms with E-state index in [0.29, 0.717) is 7.35 Å². The van der Waals surface area contributed by atoms with Crippen molar-refractivity contribution in [3.05, 3.63) is 107 Å². The predicted molar refractivity (Wildman–Crippen MR) is 259 cm³/mol. The molecule has 288 valence electrons. The molecule has 2 atom stereocenters. The number of benzene rings is 4. The molecular formula is C49H72HfSi4. The molecular weight excluding hydrogens is 879 g/mol. The zero-order chi connectivity index (χ0) is 40.2. The SMILES string of the molecule is [CH2]=[Hf]([CH3])([CH3])([CH3])([CH2]CC)([CH]1C=Cc2c(-c3cc([Si](C)(C)C)cc([Si](C)(C)C)c3)cccc21)[CH]1C=Cc2c(-c3cc([Si](C)(C)C)cc([Si](C)(C)C)c3)cccc21. The Morgan fingerprint density at radius 3 is 1.09 bits per heavy atom. The summed E-state index contributed by atoms with van der Waals surface area (Å²) in [4.78, 5) is 0. The van der Waals surface area contributed by atoms with Gasteiger partial charge in [-0.1, -0.05) is 0 Å². The van der Waals surface area contributed by atoms with E-state index in [4.69, 9.17) is 4.26 Å². The Hall–Kier alpha value is -2.03. The van der Waals surface area contributed by atoms with Crippen molar-refractivity contribution in [3.63, 3.8) is 0 Å². The average Bonchev–Trinajstić information content (AvgIpc) is 3.70. The quantitative estimate of drug-likeness (QED) is 0.139. The van der Waals surface area contributed by atoms with E-state index in [1.165, 1.54) is 44.5 Å². The van der Waals surface area contributed by atoms with Gasteiger partial charge < -0.3 is 0 Å². The summed E-state index contributed by atoms with van der Waals surface area (Å²) in [5.41, 5.74) is 11.5. The van der Waals surface area contributed by atoms with Crippen molar-refractivity contribution >= 4 is 69.5 Å². The maximum atomic E-state index is 5.83. The van der Waals surface area contributed by atoms with Gasteiger partial charge in [0.15, 0.2) is 0 Å². The Bertz CT molecular complexity index is 2160. The minimum atomic E-state index is -5.30. The summed E-state index contributed by atoms with van der Waals surface area (Å²) < 4.78 is 15.8. The first-order valence-corrected chi connectivity index (χ1v) is 54.9. The molecule has 0 spiro atoms. The van der Waals surface area contributed by atoms with Crippen molar-refractivity contribution in [1.29, 1.82) is 0 Å². The Morgan fingerprint density at radius 2 is 0.815 bits per heavy atom. The third-order valence-corrected chi connectivity index (χ3v) is 58.9. The van der Waals surface area contributed by atoms with Crippen LogP contribution in [0.3, 0.4) is 0 Å². The predicted octanol–water partition coefficient (Wildman–Crippen LogP) is 13.2. The van der Waals surface area contributed by atoms with Crippen LogP contribution in [0, 0.1) is 0 Å². The fraction of sp³-hybridized carbons (Fsp3) is 0.408. The third kappa shape index (κ3) is 6.99. The van der Waals surface area contributed by atoms with Crippen LogP contribution in [0.25, 0.3) is 34.4 Å². The van der Waals surface area contributed by atoms with Crippen LogP contribution in [0.1, 0.15) is 42.9 Å². The zero-order valence-corrected chi connectivity index (χ0v) is 44.6. The third-order valence-electron chi connectivity index (χ3n) is 14.4. The Morgan fingerprint density at radius 1 is 0.500 bits per heavy atom. The van der Waals surface area contributed by atoms with Gasteiger partial charge >= 0.3 is 331 Å². The van der Waals surface area contributed by atoms with Gasteiger partial charge in [0.1, 0.15) is 0 Å². The molecule has 4 aromatic rings. The van der Waals surface area contributed by atoms with E-state index >= 15 is 0 Å². The Labute approximate surface area is 328 Å². The van der Waals surface area contributed by atoms with Crippen LogP contribution in [0.15, 0.2) is 84.9 Å². The molecule has 2 unspecified atom stereocenters. The van der Waals surface area contributed by atoms with Crippen LogP contribution in [0.4, 0.5) is 0 Å². The molecule has 6 rings (SSSR count). The molecule has 0 N–H and O–H groups in total. The van der Waals surface area contributed by atoms with Crippen LogP contribution in [-0.2, 0) is 15.1 Å². The van der Waals surface area contributed by atoms with Crippen molar-refractivity contribution in [3.8, 4) is 22.3 Å². The van der Waals surface area contributed by atoms with E-state index in [1.807, 2.05) is 0 Å². The second-order valence-corrected chi connectivity index (χ2v) is 99.1. The van der Waals surface area contributed by atoms with Crippen molar-refractivity contribution in [2.45, 2.75) is 117 Å². The fourth-order valence-corrected chi connectivity index (χ4v) is 48.6. The van der Waals surface area contributed by atoms with E-state index in [9.17, 15) is 0 Å². The molecule has 0 radical (unpaired) electrons. The molecule has 2 aliphatic rings. The zero-order valence-electron chi connectivity index (χ0n) is 37.0. The summed E-state index contributed by atoms with van der Waals surface area (Å²) in [6.07, 6.45) is 11.4. The van der Waals surface area contributed by atoms with E-state index in [-0.39, 0.29) is 0 Å². The van der Waals surface area contributed by atoms with Gasteiger partial charge in [-0.25, -0.2) is 0 Å². The monoisotopic (exact) mass is 952 g/mol. The molecule has 0 bridgehead atoms. The first-order valence-electron chi connectivity index (χ1n) is 20.9. The number of allylic oxidation sites excluding steroid dienone is 2. The summed E-state index contributed by atoms with van der Waals surface area (Å²) in [7, 11) is -6.12. The normalized spacial score (nSPS) is 19.5. The van der Waals surface area contributed by atoms with Gasteiger partial charge in [0, 0.05) is 0 Å². The molecule has 4 aromatic carbocycles. The molecule has 0 aliphatic heterocycles. The Balaban J connectivity index is 1.56. The number of rotatable bonds is 10. The maximum absolute atomic E-state index is 5.83. The second kappa shape index (κ2) is 12.0. The summed E-state index contributed by atoms with van der Waals surface area (Å²) in [5, 5.41) is 6.30. The van der Waals surface area contributed by atoms with Crippen molar-refractivity contribution in [2.75, 3.05) is 0 Å². The van der Waals surface area contributed by atoms with Gasteiger partial charge in [-0.3, -0.25) is 0 Å². The van der Waals surface area contributed by atoms with Crippen LogP contribution < -0.4 is 20.7 Å². The van der Waals surface area contributed by atoms with E-state index < -0.39 is 47.4 Å². The summed E-state index contributed by atoms with van der Waals surface area (Å²) in [6, 6.07) is 29.8. The molecule has 0 fully saturated rings. The Kier molecular flexibility index (Phi) is 9.25. The first kappa shape index (κ1) is 41.6. The van der Waals surface area contributed by atoms with Gasteiger partial charge in [-0.2, -0.15) is 0 Å². The standard InChI is InChI=1S/2C21H27Si2.C3H7.3CH3.CH2.Hf/c2*1-22(2,3)18-13-17(14-19(15-18)23(4,5)6)21-12-8-10-16-9-7-11-20(16)21;1-3-2;;;;;/h2*7-15H,1-6H3;1,3H2,2H3;3*1H3;1H2;. The molecule has 54 heavy (non-hydrogen) atoms. The molecule has 0 saturated carbocycles. The fourth-order valence-electron chi connectivity index (χ4n) is 10.7. The molecule has 5 heteroatoms. The van der Waals surface area contributed by atoms with E-state index in [0.717, 1.165) is 10.6 Å². The number of hydrogen-bond acceptors (Lipinski definition) is 0. The van der Waals surface area contributed by atoms with Crippen LogP contribution in [-0.4, -0.2) is 36.6 Å². The van der Waals surface area contributed by atoms with Gasteiger partial charge in [-0.05, 0) is 0 Å². The average molecular weight is 952 g/mol. The first-order chi connectivity index (χ1) is 24.4. The number of hydrogen-bond donors (Lipinski definition) is 0. The topological polar surface area (TPSA) is 0 Å². The molecule has 0 heterocycles. The molecule has 0 nitrogen and oxygen atoms in total. The molecule has 0 aromatic heterocycles. The van der Waals surface area contributed by atoms with Crippen molar-refractivity contribution in [2.24, 2.45) is 0 Å². The van der Waals surface area contributed by atoms with E-state index in [1.54, 1.807) is 20.7 Å². The van der Waals surface area contributed by atoms with Gasteiger partial charge in [0.25, 0.3) is 0 Å². The summed E-state index contributed by atoms with van der Waals surface area (Å²) >= 11 is -5.30. The van der Waals surface area contributed by atoms with E-state index in [2.05, 4.69) is 197 Å². The van der Waals surface area contributed by atoms with Crippen LogP contribution >= 0.6 is 0 Å². The van der Waals surface area contributed by atoms with Crippen molar-refractivity contribution in [1.82, 2.24) is 0 Å². The second-order valence-electron chi connectivity index (χ2n) is 25.2. The molecule has 2 aliphatic carbocycles. The number of fused-ring (bicyclic) bond motifs is 2. The summed E-state index contributed by atoms with van der Waals surface area (Å²) in [5.74, 6) is 0. The molecule has 0 saturated heterocycles.